The van der Waals surface area contributed by atoms with Gasteiger partial charge in [-0.1, -0.05) is 20.3 Å². The van der Waals surface area contributed by atoms with E-state index in [-0.39, 0.29) is 5.60 Å². The molecule has 1 N–H and O–H groups in total. The number of methoxy groups -OCH3 is 1. The van der Waals surface area contributed by atoms with Gasteiger partial charge in [-0.3, -0.25) is 0 Å². The van der Waals surface area contributed by atoms with Crippen molar-refractivity contribution in [3.8, 4) is 0 Å². The zero-order chi connectivity index (χ0) is 9.45. The number of rotatable bonds is 7. The summed E-state index contributed by atoms with van der Waals surface area (Å²) in [5.41, 5.74) is 0.123. The van der Waals surface area contributed by atoms with Crippen LogP contribution < -0.4 is 5.32 Å². The van der Waals surface area contributed by atoms with Gasteiger partial charge in [-0.2, -0.15) is 0 Å². The van der Waals surface area contributed by atoms with Crippen molar-refractivity contribution < 1.29 is 4.74 Å². The summed E-state index contributed by atoms with van der Waals surface area (Å²) in [6, 6.07) is 0. The maximum Gasteiger partial charge on any atom is 0.0688 e. The van der Waals surface area contributed by atoms with E-state index in [9.17, 15) is 0 Å². The van der Waals surface area contributed by atoms with Crippen LogP contribution in [-0.4, -0.2) is 26.3 Å². The fourth-order valence-electron chi connectivity index (χ4n) is 1.64. The molecule has 0 saturated carbocycles. The summed E-state index contributed by atoms with van der Waals surface area (Å²) >= 11 is 0. The van der Waals surface area contributed by atoms with Crippen LogP contribution >= 0.6 is 0 Å². The summed E-state index contributed by atoms with van der Waals surface area (Å²) in [7, 11) is 3.82. The molecule has 0 aliphatic heterocycles. The average Bonchev–Trinajstić information content (AvgIpc) is 2.13. The van der Waals surface area contributed by atoms with Gasteiger partial charge in [0.1, 0.15) is 0 Å². The molecule has 0 aliphatic rings. The van der Waals surface area contributed by atoms with Gasteiger partial charge in [-0.25, -0.2) is 0 Å². The first kappa shape index (κ1) is 11.9. The third-order valence-electron chi connectivity index (χ3n) is 2.61. The third kappa shape index (κ3) is 3.55. The lowest BCUT2D eigenvalue weighted by Crippen LogP contribution is -2.33. The average molecular weight is 173 g/mol. The second-order valence-corrected chi connectivity index (χ2v) is 3.34. The maximum absolute atomic E-state index is 5.59. The minimum atomic E-state index is 0.123. The Hall–Kier alpha value is -0.0800. The minimum absolute atomic E-state index is 0.123. The summed E-state index contributed by atoms with van der Waals surface area (Å²) in [6.45, 7) is 5.46. The van der Waals surface area contributed by atoms with Crippen LogP contribution in [0.15, 0.2) is 0 Å². The van der Waals surface area contributed by atoms with Gasteiger partial charge >= 0.3 is 0 Å². The second-order valence-electron chi connectivity index (χ2n) is 3.34. The maximum atomic E-state index is 5.59. The highest BCUT2D eigenvalue weighted by atomic mass is 16.5. The smallest absolute Gasteiger partial charge is 0.0688 e. The van der Waals surface area contributed by atoms with Crippen molar-refractivity contribution in [3.63, 3.8) is 0 Å². The fraction of sp³-hybridized carbons (Fsp3) is 1.00. The third-order valence-corrected chi connectivity index (χ3v) is 2.61. The summed E-state index contributed by atoms with van der Waals surface area (Å²) in [6.07, 6.45) is 4.59. The van der Waals surface area contributed by atoms with Gasteiger partial charge in [0.15, 0.2) is 0 Å². The van der Waals surface area contributed by atoms with E-state index < -0.39 is 0 Å². The Kier molecular flexibility index (Phi) is 6.39. The molecule has 0 spiro atoms. The largest absolute Gasteiger partial charge is 0.378 e. The van der Waals surface area contributed by atoms with Crippen molar-refractivity contribution >= 4 is 0 Å². The molecule has 0 bridgehead atoms. The monoisotopic (exact) mass is 173 g/mol. The molecule has 2 nitrogen and oxygen atoms in total. The molecule has 0 fully saturated rings. The van der Waals surface area contributed by atoms with E-state index in [1.54, 1.807) is 0 Å². The molecule has 2 heteroatoms. The summed E-state index contributed by atoms with van der Waals surface area (Å²) in [5, 5.41) is 3.17. The fourth-order valence-corrected chi connectivity index (χ4v) is 1.64. The first-order valence-electron chi connectivity index (χ1n) is 4.94. The molecular weight excluding hydrogens is 150 g/mol. The highest BCUT2D eigenvalue weighted by Crippen LogP contribution is 2.24. The van der Waals surface area contributed by atoms with Gasteiger partial charge in [0.05, 0.1) is 5.60 Å². The molecule has 74 valence electrons. The summed E-state index contributed by atoms with van der Waals surface area (Å²) in [4.78, 5) is 0. The van der Waals surface area contributed by atoms with Crippen molar-refractivity contribution in [2.24, 2.45) is 0 Å². The molecule has 12 heavy (non-hydrogen) atoms. The van der Waals surface area contributed by atoms with E-state index in [0.717, 1.165) is 19.4 Å². The van der Waals surface area contributed by atoms with Crippen LogP contribution in [0, 0.1) is 0 Å². The molecule has 0 aromatic rings. The number of hydrogen-bond donors (Lipinski definition) is 1. The van der Waals surface area contributed by atoms with E-state index in [4.69, 9.17) is 4.74 Å². The molecule has 0 aliphatic carbocycles. The van der Waals surface area contributed by atoms with Gasteiger partial charge < -0.3 is 10.1 Å². The lowest BCUT2D eigenvalue weighted by Gasteiger charge is -2.31. The molecule has 0 radical (unpaired) electrons. The molecule has 0 rings (SSSR count). The topological polar surface area (TPSA) is 21.3 Å². The number of hydrogen-bond acceptors (Lipinski definition) is 2. The SMILES string of the molecule is CCCC(CC)(CCNC)OC. The predicted molar refractivity (Wildman–Crippen MR) is 53.5 cm³/mol. The predicted octanol–water partition coefficient (Wildman–Crippen LogP) is 2.19. The number of nitrogens with one attached hydrogen (secondary N) is 1. The minimum Gasteiger partial charge on any atom is -0.378 e. The normalized spacial score (nSPS) is 16.0. The van der Waals surface area contributed by atoms with Gasteiger partial charge in [-0.15, -0.1) is 0 Å². The van der Waals surface area contributed by atoms with Crippen LogP contribution in [0.5, 0.6) is 0 Å². The Bertz CT molecular complexity index is 100. The van der Waals surface area contributed by atoms with Crippen LogP contribution in [0.3, 0.4) is 0 Å². The van der Waals surface area contributed by atoms with Gasteiger partial charge in [0.2, 0.25) is 0 Å². The van der Waals surface area contributed by atoms with E-state index in [0.29, 0.717) is 0 Å². The molecule has 1 atom stereocenters. The van der Waals surface area contributed by atoms with E-state index >= 15 is 0 Å². The van der Waals surface area contributed by atoms with Crippen LogP contribution in [0.1, 0.15) is 39.5 Å². The van der Waals surface area contributed by atoms with Crippen molar-refractivity contribution in [1.29, 1.82) is 0 Å². The highest BCUT2D eigenvalue weighted by molar-refractivity contribution is 4.78. The first-order valence-corrected chi connectivity index (χ1v) is 4.94. The molecular formula is C10H23NO. The van der Waals surface area contributed by atoms with Gasteiger partial charge in [0.25, 0.3) is 0 Å². The Morgan fingerprint density at radius 3 is 2.25 bits per heavy atom. The van der Waals surface area contributed by atoms with Crippen molar-refractivity contribution in [3.05, 3.63) is 0 Å². The second kappa shape index (κ2) is 6.44. The Balaban J connectivity index is 3.95. The molecule has 0 heterocycles. The molecule has 0 aromatic carbocycles. The van der Waals surface area contributed by atoms with Crippen molar-refractivity contribution in [1.82, 2.24) is 5.32 Å². The van der Waals surface area contributed by atoms with Crippen LogP contribution in [-0.2, 0) is 4.74 Å². The van der Waals surface area contributed by atoms with E-state index in [2.05, 4.69) is 19.2 Å². The van der Waals surface area contributed by atoms with Gasteiger partial charge in [0, 0.05) is 7.11 Å². The zero-order valence-electron chi connectivity index (χ0n) is 8.94. The molecule has 0 aromatic heterocycles. The lowest BCUT2D eigenvalue weighted by molar-refractivity contribution is -0.0271. The molecule has 0 saturated heterocycles. The van der Waals surface area contributed by atoms with Crippen molar-refractivity contribution in [2.75, 3.05) is 20.7 Å². The summed E-state index contributed by atoms with van der Waals surface area (Å²) in [5.74, 6) is 0. The highest BCUT2D eigenvalue weighted by Gasteiger charge is 2.25. The Morgan fingerprint density at radius 2 is 1.92 bits per heavy atom. The van der Waals surface area contributed by atoms with E-state index in [1.807, 2.05) is 14.2 Å². The van der Waals surface area contributed by atoms with Crippen LogP contribution in [0.25, 0.3) is 0 Å². The van der Waals surface area contributed by atoms with Gasteiger partial charge in [-0.05, 0) is 32.9 Å². The van der Waals surface area contributed by atoms with E-state index in [1.165, 1.54) is 12.8 Å². The number of ether oxygens (including phenoxy) is 1. The van der Waals surface area contributed by atoms with Crippen LogP contribution in [0.2, 0.25) is 0 Å². The molecule has 1 unspecified atom stereocenters. The standard InChI is InChI=1S/C10H23NO/c1-5-7-10(6-2,12-4)8-9-11-3/h11H,5-9H2,1-4H3. The Morgan fingerprint density at radius 1 is 1.25 bits per heavy atom. The van der Waals surface area contributed by atoms with Crippen molar-refractivity contribution in [2.45, 2.75) is 45.1 Å². The quantitative estimate of drug-likeness (QED) is 0.637. The Labute approximate surface area is 76.7 Å². The summed E-state index contributed by atoms with van der Waals surface area (Å²) < 4.78 is 5.59. The van der Waals surface area contributed by atoms with Crippen LogP contribution in [0.4, 0.5) is 0 Å². The lowest BCUT2D eigenvalue weighted by atomic mass is 9.91. The molecule has 0 amide bonds. The first-order chi connectivity index (χ1) is 5.74. The zero-order valence-corrected chi connectivity index (χ0v) is 8.94.